The fourth-order valence-corrected chi connectivity index (χ4v) is 8.54. The van der Waals surface area contributed by atoms with Crippen molar-refractivity contribution in [1.82, 2.24) is 5.32 Å². The van der Waals surface area contributed by atoms with Gasteiger partial charge in [-0.15, -0.1) is 0 Å². The van der Waals surface area contributed by atoms with Crippen molar-refractivity contribution in [1.29, 1.82) is 0 Å². The van der Waals surface area contributed by atoms with Gasteiger partial charge in [-0.1, -0.05) is 238 Å². The van der Waals surface area contributed by atoms with Crippen LogP contribution < -0.4 is 5.32 Å². The van der Waals surface area contributed by atoms with Crippen molar-refractivity contribution in [3.05, 3.63) is 24.3 Å². The zero-order valence-corrected chi connectivity index (χ0v) is 41.8. The molecule has 0 saturated carbocycles. The number of esters is 1. The average Bonchev–Trinajstić information content (AvgIpc) is 3.26. The van der Waals surface area contributed by atoms with E-state index in [4.69, 9.17) is 4.74 Å². The summed E-state index contributed by atoms with van der Waals surface area (Å²) in [7, 11) is 0. The number of ether oxygens (including phenoxy) is 1. The first-order chi connectivity index (χ1) is 30.5. The number of hydrogen-bond donors (Lipinski definition) is 3. The predicted molar refractivity (Wildman–Crippen MR) is 269 cm³/mol. The van der Waals surface area contributed by atoms with E-state index in [0.717, 1.165) is 51.4 Å². The van der Waals surface area contributed by atoms with Crippen LogP contribution in [0.3, 0.4) is 0 Å². The van der Waals surface area contributed by atoms with E-state index < -0.39 is 18.2 Å². The summed E-state index contributed by atoms with van der Waals surface area (Å²) in [6.07, 6.45) is 58.1. The SMILES string of the molecule is CCCCCC/C=C\CCCCCCCCCC(=O)OC(CCC/C=C\CCCCCCCCC)CC(=O)NC(CO)C(O)CCCCCCCCCCCCCCCCCC. The fraction of sp³-hybridized carbons (Fsp3) is 0.893. The maximum Gasteiger partial charge on any atom is 0.306 e. The lowest BCUT2D eigenvalue weighted by Gasteiger charge is -2.24. The highest BCUT2D eigenvalue weighted by Gasteiger charge is 2.24. The number of hydrogen-bond acceptors (Lipinski definition) is 5. The number of nitrogens with one attached hydrogen (secondary N) is 1. The molecule has 366 valence electrons. The van der Waals surface area contributed by atoms with Crippen molar-refractivity contribution in [3.63, 3.8) is 0 Å². The molecule has 0 aromatic heterocycles. The average molecular weight is 874 g/mol. The molecule has 0 radical (unpaired) electrons. The molecule has 0 aliphatic carbocycles. The van der Waals surface area contributed by atoms with Gasteiger partial charge in [-0.25, -0.2) is 0 Å². The smallest absolute Gasteiger partial charge is 0.306 e. The van der Waals surface area contributed by atoms with Crippen LogP contribution in [0.15, 0.2) is 24.3 Å². The molecule has 6 nitrogen and oxygen atoms in total. The Kier molecular flexibility index (Phi) is 49.0. The van der Waals surface area contributed by atoms with Gasteiger partial charge in [0.2, 0.25) is 5.91 Å². The summed E-state index contributed by atoms with van der Waals surface area (Å²) < 4.78 is 5.92. The first-order valence-electron chi connectivity index (χ1n) is 27.6. The van der Waals surface area contributed by atoms with Crippen molar-refractivity contribution >= 4 is 11.9 Å². The predicted octanol–water partition coefficient (Wildman–Crippen LogP) is 16.7. The van der Waals surface area contributed by atoms with Gasteiger partial charge in [0.25, 0.3) is 0 Å². The van der Waals surface area contributed by atoms with E-state index in [-0.39, 0.29) is 24.9 Å². The summed E-state index contributed by atoms with van der Waals surface area (Å²) >= 11 is 0. The molecule has 62 heavy (non-hydrogen) atoms. The Morgan fingerprint density at radius 3 is 1.19 bits per heavy atom. The van der Waals surface area contributed by atoms with Crippen molar-refractivity contribution in [2.45, 2.75) is 315 Å². The number of carbonyl (C=O) groups is 2. The zero-order chi connectivity index (χ0) is 45.2. The highest BCUT2D eigenvalue weighted by atomic mass is 16.5. The lowest BCUT2D eigenvalue weighted by molar-refractivity contribution is -0.151. The minimum absolute atomic E-state index is 0.0593. The second kappa shape index (κ2) is 50.3. The maximum atomic E-state index is 13.2. The molecule has 3 N–H and O–H groups in total. The van der Waals surface area contributed by atoms with Crippen LogP contribution in [-0.4, -0.2) is 46.9 Å². The molecule has 0 aromatic rings. The number of aliphatic hydroxyl groups is 2. The minimum Gasteiger partial charge on any atom is -0.462 e. The lowest BCUT2D eigenvalue weighted by atomic mass is 10.0. The Balaban J connectivity index is 4.51. The lowest BCUT2D eigenvalue weighted by Crippen LogP contribution is -2.46. The van der Waals surface area contributed by atoms with Gasteiger partial charge in [0.05, 0.1) is 25.2 Å². The fourth-order valence-electron chi connectivity index (χ4n) is 8.54. The number of allylic oxidation sites excluding steroid dienone is 4. The Hall–Kier alpha value is -1.66. The summed E-state index contributed by atoms with van der Waals surface area (Å²) in [6, 6.07) is -0.707. The molecule has 3 atom stereocenters. The van der Waals surface area contributed by atoms with Gasteiger partial charge < -0.3 is 20.3 Å². The number of unbranched alkanes of at least 4 members (excludes halogenated alkanes) is 34. The van der Waals surface area contributed by atoms with Crippen molar-refractivity contribution in [2.75, 3.05) is 6.61 Å². The van der Waals surface area contributed by atoms with Crippen molar-refractivity contribution < 1.29 is 24.5 Å². The van der Waals surface area contributed by atoms with E-state index in [9.17, 15) is 19.8 Å². The Morgan fingerprint density at radius 1 is 0.452 bits per heavy atom. The van der Waals surface area contributed by atoms with Crippen LogP contribution in [-0.2, 0) is 14.3 Å². The minimum atomic E-state index is -0.792. The first kappa shape index (κ1) is 60.3. The quantitative estimate of drug-likeness (QED) is 0.0321. The molecule has 0 saturated heterocycles. The van der Waals surface area contributed by atoms with Crippen molar-refractivity contribution in [3.8, 4) is 0 Å². The molecule has 0 aromatic carbocycles. The topological polar surface area (TPSA) is 95.9 Å². The molecule has 1 amide bonds. The van der Waals surface area contributed by atoms with E-state index in [2.05, 4.69) is 50.4 Å². The summed E-state index contributed by atoms with van der Waals surface area (Å²) in [5.41, 5.74) is 0. The number of carbonyl (C=O) groups excluding carboxylic acids is 2. The molecule has 0 aliphatic rings. The standard InChI is InChI=1S/C56H107NO5/c1-4-7-10-13-16-19-22-25-27-29-30-33-36-39-42-45-48-54(59)53(51-58)57-55(60)50-52(47-44-41-38-35-32-24-21-18-15-12-9-6-3)62-56(61)49-46-43-40-37-34-31-28-26-23-20-17-14-11-8-5-2/h20,23,35,38,52-54,58-59H,4-19,21-22,24-34,36-37,39-51H2,1-3H3,(H,57,60)/b23-20-,38-35-. The second-order valence-corrected chi connectivity index (χ2v) is 19.0. The van der Waals surface area contributed by atoms with Gasteiger partial charge in [-0.2, -0.15) is 0 Å². The monoisotopic (exact) mass is 874 g/mol. The van der Waals surface area contributed by atoms with Gasteiger partial charge >= 0.3 is 5.97 Å². The molecule has 0 fully saturated rings. The summed E-state index contributed by atoms with van der Waals surface area (Å²) in [6.45, 7) is 6.48. The van der Waals surface area contributed by atoms with Gasteiger partial charge in [0.15, 0.2) is 0 Å². The highest BCUT2D eigenvalue weighted by Crippen LogP contribution is 2.18. The van der Waals surface area contributed by atoms with Gasteiger partial charge in [0, 0.05) is 6.42 Å². The largest absolute Gasteiger partial charge is 0.462 e. The van der Waals surface area contributed by atoms with E-state index in [1.807, 2.05) is 0 Å². The molecule has 0 aliphatic heterocycles. The molecule has 0 heterocycles. The van der Waals surface area contributed by atoms with E-state index >= 15 is 0 Å². The Morgan fingerprint density at radius 2 is 0.790 bits per heavy atom. The number of rotatable bonds is 50. The van der Waals surface area contributed by atoms with Crippen LogP contribution in [0.2, 0.25) is 0 Å². The van der Waals surface area contributed by atoms with Gasteiger partial charge in [-0.3, -0.25) is 9.59 Å². The third-order valence-corrected chi connectivity index (χ3v) is 12.8. The van der Waals surface area contributed by atoms with Crippen LogP contribution in [0.1, 0.15) is 297 Å². The molecular formula is C56H107NO5. The summed E-state index contributed by atoms with van der Waals surface area (Å²) in [5.74, 6) is -0.495. The van der Waals surface area contributed by atoms with Crippen LogP contribution >= 0.6 is 0 Å². The van der Waals surface area contributed by atoms with Crippen LogP contribution in [0.4, 0.5) is 0 Å². The molecule has 0 spiro atoms. The summed E-state index contributed by atoms with van der Waals surface area (Å²) in [4.78, 5) is 26.2. The molecule has 3 unspecified atom stereocenters. The van der Waals surface area contributed by atoms with Crippen LogP contribution in [0, 0.1) is 0 Å². The summed E-state index contributed by atoms with van der Waals surface area (Å²) in [5, 5.41) is 23.8. The normalized spacial score (nSPS) is 13.3. The Labute approximate surface area is 386 Å². The van der Waals surface area contributed by atoms with E-state index in [1.165, 1.54) is 199 Å². The third kappa shape index (κ3) is 44.9. The van der Waals surface area contributed by atoms with Crippen molar-refractivity contribution in [2.24, 2.45) is 0 Å². The molecule has 0 rings (SSSR count). The Bertz CT molecular complexity index is 981. The van der Waals surface area contributed by atoms with Gasteiger partial charge in [-0.05, 0) is 70.6 Å². The molecule has 6 heteroatoms. The van der Waals surface area contributed by atoms with E-state index in [1.54, 1.807) is 0 Å². The zero-order valence-electron chi connectivity index (χ0n) is 41.8. The molecule has 0 bridgehead atoms. The third-order valence-electron chi connectivity index (χ3n) is 12.8. The number of aliphatic hydroxyl groups excluding tert-OH is 2. The maximum absolute atomic E-state index is 13.2. The highest BCUT2D eigenvalue weighted by molar-refractivity contribution is 5.77. The van der Waals surface area contributed by atoms with Crippen LogP contribution in [0.25, 0.3) is 0 Å². The first-order valence-corrected chi connectivity index (χ1v) is 27.6. The van der Waals surface area contributed by atoms with E-state index in [0.29, 0.717) is 19.3 Å². The van der Waals surface area contributed by atoms with Crippen LogP contribution in [0.5, 0.6) is 0 Å². The number of amides is 1. The van der Waals surface area contributed by atoms with Gasteiger partial charge in [0.1, 0.15) is 6.10 Å². The second-order valence-electron chi connectivity index (χ2n) is 19.0. The molecular weight excluding hydrogens is 767 g/mol.